The third-order valence-corrected chi connectivity index (χ3v) is 34.5. The van der Waals surface area contributed by atoms with E-state index in [2.05, 4.69) is 0 Å². The van der Waals surface area contributed by atoms with E-state index in [9.17, 15) is 14.4 Å². The van der Waals surface area contributed by atoms with Gasteiger partial charge >= 0.3 is 62.1 Å². The second-order valence-corrected chi connectivity index (χ2v) is 32.7. The normalized spacial score (nSPS) is 27.7. The second-order valence-electron chi connectivity index (χ2n) is 14.3. The molecule has 2 saturated heterocycles. The zero-order chi connectivity index (χ0) is 42.7. The summed E-state index contributed by atoms with van der Waals surface area (Å²) in [5.74, 6) is 0. The predicted molar refractivity (Wildman–Crippen MR) is 245 cm³/mol. The lowest BCUT2D eigenvalue weighted by Gasteiger charge is -2.52. The lowest BCUT2D eigenvalue weighted by molar-refractivity contribution is 0.0677. The summed E-state index contributed by atoms with van der Waals surface area (Å²) in [5.41, 5.74) is 0. The summed E-state index contributed by atoms with van der Waals surface area (Å²) in [5, 5.41) is 2.64. The summed E-state index contributed by atoms with van der Waals surface area (Å²) in [6.07, 6.45) is 0. The molecule has 12 nitrogen and oxygen atoms in total. The molecule has 62 heavy (non-hydrogen) atoms. The van der Waals surface area contributed by atoms with Crippen molar-refractivity contribution in [2.24, 2.45) is 0 Å². The van der Waals surface area contributed by atoms with E-state index in [1.807, 2.05) is 72.8 Å². The van der Waals surface area contributed by atoms with Gasteiger partial charge < -0.3 is 51.7 Å². The molecule has 0 aromatic heterocycles. The molecule has 9 rings (SSSR count). The molecule has 1 radical (unpaired) electrons. The Morgan fingerprint density at radius 3 is 1.32 bits per heavy atom. The van der Waals surface area contributed by atoms with E-state index in [4.69, 9.17) is 37.3 Å². The zero-order valence-electron chi connectivity index (χ0n) is 33.2. The molecule has 0 amide bonds. The first-order valence-electron chi connectivity index (χ1n) is 19.7. The van der Waals surface area contributed by atoms with Crippen LogP contribution in [-0.4, -0.2) is 83.6 Å². The number of fused-ring (bicyclic) bond motifs is 2. The molecular formula is C43H41O12Si7. The van der Waals surface area contributed by atoms with Gasteiger partial charge in [-0.25, -0.2) is 0 Å². The molecule has 6 unspecified atom stereocenters. The smallest absolute Gasteiger partial charge is 0.387 e. The quantitative estimate of drug-likeness (QED) is 0.170. The van der Waals surface area contributed by atoms with Gasteiger partial charge in [0.25, 0.3) is 0 Å². The molecular weight excluding hydrogens is 905 g/mol. The van der Waals surface area contributed by atoms with E-state index in [1.165, 1.54) is 7.11 Å². The Bertz CT molecular complexity index is 2560. The standard InChI is InChI=1S/C43H41O12Si7/c1-47-57(44,38-25-11-3-12-26-38)50-61(42-33-19-7-20-34-42)52-59(46,40-29-15-5-16-30-40)53-62(43-35-21-8-22-36-43)51-58(45,39-27-13-4-14-28-39)48-56(37-23-9-2-10-24-37)49-60(54-61,55-62)41-31-17-6-18-32-41/h2-36,44-46H,1H3. The predicted octanol–water partition coefficient (Wildman–Crippen LogP) is 1.24. The fourth-order valence-corrected chi connectivity index (χ4v) is 36.5. The summed E-state index contributed by atoms with van der Waals surface area (Å²) in [7, 11) is -30.6. The van der Waals surface area contributed by atoms with Crippen LogP contribution in [0, 0.1) is 0 Å². The monoisotopic (exact) mass is 945 g/mol. The highest BCUT2D eigenvalue weighted by Gasteiger charge is 2.75. The van der Waals surface area contributed by atoms with Gasteiger partial charge in [-0.05, 0) is 5.19 Å². The summed E-state index contributed by atoms with van der Waals surface area (Å²) in [6, 6.07) is 62.1. The largest absolute Gasteiger partial charge is 0.527 e. The first-order valence-corrected chi connectivity index (χ1v) is 31.5. The van der Waals surface area contributed by atoms with E-state index < -0.39 is 62.1 Å². The Hall–Kier alpha value is -4.42. The van der Waals surface area contributed by atoms with Gasteiger partial charge in [0.2, 0.25) is 0 Å². The van der Waals surface area contributed by atoms with Gasteiger partial charge in [0.05, 0.1) is 0 Å². The van der Waals surface area contributed by atoms with E-state index in [1.54, 1.807) is 140 Å². The molecule has 19 heteroatoms. The van der Waals surface area contributed by atoms with Crippen LogP contribution >= 0.6 is 0 Å². The lowest BCUT2D eigenvalue weighted by Crippen LogP contribution is -2.86. The van der Waals surface area contributed by atoms with E-state index in [0.29, 0.717) is 31.1 Å². The maximum absolute atomic E-state index is 13.6. The molecule has 2 aliphatic heterocycles. The molecule has 2 fully saturated rings. The molecule has 7 aromatic rings. The van der Waals surface area contributed by atoms with Gasteiger partial charge in [-0.2, -0.15) is 0 Å². The van der Waals surface area contributed by atoms with Gasteiger partial charge in [0.15, 0.2) is 0 Å². The van der Waals surface area contributed by atoms with Crippen molar-refractivity contribution < 1.29 is 51.7 Å². The third-order valence-electron chi connectivity index (χ3n) is 10.2. The Kier molecular flexibility index (Phi) is 12.2. The molecule has 0 saturated carbocycles. The van der Waals surface area contributed by atoms with Crippen LogP contribution < -0.4 is 36.3 Å². The van der Waals surface area contributed by atoms with Crippen molar-refractivity contribution in [2.75, 3.05) is 7.11 Å². The number of hydrogen-bond donors (Lipinski definition) is 3. The maximum Gasteiger partial charge on any atom is 0.527 e. The van der Waals surface area contributed by atoms with Gasteiger partial charge in [-0.1, -0.05) is 212 Å². The summed E-state index contributed by atoms with van der Waals surface area (Å²) < 4.78 is 64.6. The van der Waals surface area contributed by atoms with Crippen molar-refractivity contribution >= 4 is 98.4 Å². The Labute approximate surface area is 367 Å². The first-order chi connectivity index (χ1) is 30.1. The molecule has 2 aliphatic rings. The zero-order valence-corrected chi connectivity index (χ0v) is 40.2. The maximum atomic E-state index is 13.6. The molecule has 2 heterocycles. The third kappa shape index (κ3) is 8.38. The highest BCUT2D eigenvalue weighted by Crippen LogP contribution is 2.36. The highest BCUT2D eigenvalue weighted by atomic mass is 28.6. The van der Waals surface area contributed by atoms with Crippen molar-refractivity contribution in [3.63, 3.8) is 0 Å². The van der Waals surface area contributed by atoms with Crippen LogP contribution in [0.15, 0.2) is 212 Å². The molecule has 3 N–H and O–H groups in total. The number of hydrogen-bond acceptors (Lipinski definition) is 12. The van der Waals surface area contributed by atoms with Gasteiger partial charge in [0.1, 0.15) is 0 Å². The molecule has 0 aliphatic carbocycles. The molecule has 2 bridgehead atoms. The van der Waals surface area contributed by atoms with Gasteiger partial charge in [-0.15, -0.1) is 0 Å². The van der Waals surface area contributed by atoms with Crippen molar-refractivity contribution in [3.8, 4) is 0 Å². The Morgan fingerprint density at radius 1 is 0.419 bits per heavy atom. The Morgan fingerprint density at radius 2 is 0.823 bits per heavy atom. The van der Waals surface area contributed by atoms with Crippen LogP contribution in [0.2, 0.25) is 0 Å². The minimum absolute atomic E-state index is 0.231. The van der Waals surface area contributed by atoms with Crippen molar-refractivity contribution in [2.45, 2.75) is 0 Å². The average molecular weight is 946 g/mol. The average Bonchev–Trinajstić information content (AvgIpc) is 3.32. The SMILES string of the molecule is CO[Si](O)(O[Si]1(c2ccccc2)O[Si](O)(c2ccccc2)O[Si]2(c3ccccc3)O[Si](O)(c3ccccc3)O[Si](c3ccccc3)O[Si](c3ccccc3)(O1)O2)c1ccccc1. The van der Waals surface area contributed by atoms with E-state index >= 15 is 0 Å². The van der Waals surface area contributed by atoms with Crippen LogP contribution in [0.1, 0.15) is 0 Å². The van der Waals surface area contributed by atoms with Crippen molar-refractivity contribution in [3.05, 3.63) is 212 Å². The number of benzene rings is 7. The fraction of sp³-hybridized carbons (Fsp3) is 0.0233. The van der Waals surface area contributed by atoms with E-state index in [0.717, 1.165) is 0 Å². The number of rotatable bonds is 10. The van der Waals surface area contributed by atoms with E-state index in [-0.39, 0.29) is 5.19 Å². The molecule has 6 atom stereocenters. The fourth-order valence-electron chi connectivity index (χ4n) is 7.13. The molecule has 313 valence electrons. The topological polar surface area (TPSA) is 144 Å². The van der Waals surface area contributed by atoms with Gasteiger partial charge in [-0.3, -0.25) is 0 Å². The van der Waals surface area contributed by atoms with Crippen LogP contribution in [0.4, 0.5) is 0 Å². The highest BCUT2D eigenvalue weighted by molar-refractivity contribution is 7.06. The molecule has 0 spiro atoms. The molecule has 7 aromatic carbocycles. The van der Waals surface area contributed by atoms with Crippen molar-refractivity contribution in [1.29, 1.82) is 0 Å². The van der Waals surface area contributed by atoms with Gasteiger partial charge in [0, 0.05) is 38.2 Å². The Balaban J connectivity index is 1.39. The van der Waals surface area contributed by atoms with Crippen molar-refractivity contribution in [1.82, 2.24) is 0 Å². The summed E-state index contributed by atoms with van der Waals surface area (Å²) in [4.78, 5) is 39.6. The second kappa shape index (κ2) is 17.6. The van der Waals surface area contributed by atoms with Crippen LogP contribution in [0.25, 0.3) is 0 Å². The minimum Gasteiger partial charge on any atom is -0.387 e. The summed E-state index contributed by atoms with van der Waals surface area (Å²) >= 11 is 0. The van der Waals surface area contributed by atoms with Crippen LogP contribution in [0.5, 0.6) is 0 Å². The lowest BCUT2D eigenvalue weighted by atomic mass is 10.4. The van der Waals surface area contributed by atoms with Crippen LogP contribution in [-0.2, 0) is 37.3 Å². The van der Waals surface area contributed by atoms with Crippen LogP contribution in [0.3, 0.4) is 0 Å². The minimum atomic E-state index is -5.07. The summed E-state index contributed by atoms with van der Waals surface area (Å²) in [6.45, 7) is 0. The first kappa shape index (κ1) is 42.9.